The Bertz CT molecular complexity index is 591. The molecule has 1 aliphatic heterocycles. The van der Waals surface area contributed by atoms with Crippen molar-refractivity contribution in [2.75, 3.05) is 39.8 Å². The summed E-state index contributed by atoms with van der Waals surface area (Å²) in [5.41, 5.74) is 1.62. The minimum absolute atomic E-state index is 0.123. The highest BCUT2D eigenvalue weighted by Crippen LogP contribution is 2.39. The second-order valence-electron chi connectivity index (χ2n) is 7.32. The van der Waals surface area contributed by atoms with Crippen molar-refractivity contribution >= 4 is 11.6 Å². The van der Waals surface area contributed by atoms with Crippen molar-refractivity contribution in [3.63, 3.8) is 0 Å². The molecule has 1 unspecified atom stereocenters. The summed E-state index contributed by atoms with van der Waals surface area (Å²) in [7, 11) is 7.35. The third-order valence-corrected chi connectivity index (χ3v) is 4.34. The Balaban J connectivity index is 2.55. The molecule has 23 heavy (non-hydrogen) atoms. The summed E-state index contributed by atoms with van der Waals surface area (Å²) in [5, 5.41) is 0. The van der Waals surface area contributed by atoms with Gasteiger partial charge in [-0.2, -0.15) is 0 Å². The minimum atomic E-state index is -0.432. The van der Waals surface area contributed by atoms with Crippen molar-refractivity contribution in [1.29, 1.82) is 0 Å². The topological polar surface area (TPSA) is 42.0 Å². The summed E-state index contributed by atoms with van der Waals surface area (Å²) in [6, 6.07) is 4.20. The van der Waals surface area contributed by atoms with Gasteiger partial charge >= 0.3 is 0 Å². The Morgan fingerprint density at radius 2 is 1.74 bits per heavy atom. The van der Waals surface area contributed by atoms with Gasteiger partial charge in [-0.15, -0.1) is 0 Å². The van der Waals surface area contributed by atoms with Crippen LogP contribution in [0.5, 0.6) is 11.5 Å². The van der Waals surface area contributed by atoms with E-state index in [1.54, 1.807) is 14.2 Å². The number of anilines is 1. The summed E-state index contributed by atoms with van der Waals surface area (Å²) in [4.78, 5) is 17.0. The molecule has 0 radical (unpaired) electrons. The van der Waals surface area contributed by atoms with Crippen LogP contribution in [-0.2, 0) is 11.2 Å². The van der Waals surface area contributed by atoms with E-state index in [0.717, 1.165) is 17.7 Å². The van der Waals surface area contributed by atoms with Gasteiger partial charge in [0, 0.05) is 24.1 Å². The summed E-state index contributed by atoms with van der Waals surface area (Å²) in [6.45, 7) is 6.55. The number of rotatable bonds is 3. The zero-order valence-corrected chi connectivity index (χ0v) is 15.3. The zero-order chi connectivity index (χ0) is 17.4. The Labute approximate surface area is 139 Å². The number of amides is 1. The predicted molar refractivity (Wildman–Crippen MR) is 92.5 cm³/mol. The maximum atomic E-state index is 12.9. The summed E-state index contributed by atoms with van der Waals surface area (Å²) < 4.78 is 10.8. The van der Waals surface area contributed by atoms with Crippen LogP contribution in [0.3, 0.4) is 0 Å². The number of nitrogens with zero attached hydrogens (tertiary/aromatic N) is 2. The van der Waals surface area contributed by atoms with E-state index in [9.17, 15) is 4.79 Å². The summed E-state index contributed by atoms with van der Waals surface area (Å²) in [6.07, 6.45) is 0.886. The van der Waals surface area contributed by atoms with E-state index in [1.807, 2.05) is 37.8 Å². The van der Waals surface area contributed by atoms with Crippen LogP contribution in [0.2, 0.25) is 0 Å². The molecule has 5 nitrogen and oxygen atoms in total. The van der Waals surface area contributed by atoms with Crippen molar-refractivity contribution in [3.8, 4) is 11.5 Å². The van der Waals surface area contributed by atoms with Crippen molar-refractivity contribution in [3.05, 3.63) is 17.7 Å². The van der Waals surface area contributed by atoms with Crippen LogP contribution in [0.4, 0.5) is 5.69 Å². The van der Waals surface area contributed by atoms with Gasteiger partial charge in [0.1, 0.15) is 0 Å². The molecule has 1 aliphatic rings. The number of hydrogen-bond donors (Lipinski definition) is 0. The Kier molecular flexibility index (Phi) is 4.90. The van der Waals surface area contributed by atoms with Crippen molar-refractivity contribution in [2.24, 2.45) is 5.41 Å². The second-order valence-corrected chi connectivity index (χ2v) is 7.32. The Morgan fingerprint density at radius 3 is 2.22 bits per heavy atom. The van der Waals surface area contributed by atoms with Crippen LogP contribution in [0, 0.1) is 5.41 Å². The van der Waals surface area contributed by atoms with Crippen LogP contribution in [0.25, 0.3) is 0 Å². The lowest BCUT2D eigenvalue weighted by atomic mass is 9.90. The first-order chi connectivity index (χ1) is 10.7. The Morgan fingerprint density at radius 1 is 1.17 bits per heavy atom. The molecular weight excluding hydrogens is 292 g/mol. The van der Waals surface area contributed by atoms with E-state index in [0.29, 0.717) is 18.0 Å². The molecule has 5 heteroatoms. The molecular formula is C18H28N2O3. The van der Waals surface area contributed by atoms with Gasteiger partial charge < -0.3 is 19.3 Å². The molecule has 128 valence electrons. The van der Waals surface area contributed by atoms with E-state index in [-0.39, 0.29) is 11.9 Å². The van der Waals surface area contributed by atoms with Crippen LogP contribution >= 0.6 is 0 Å². The average Bonchev–Trinajstić information content (AvgIpc) is 2.50. The van der Waals surface area contributed by atoms with Crippen LogP contribution in [0.15, 0.2) is 12.1 Å². The number of fused-ring (bicyclic) bond motifs is 1. The number of carbonyl (C=O) groups is 1. The van der Waals surface area contributed by atoms with Crippen LogP contribution < -0.4 is 14.4 Å². The van der Waals surface area contributed by atoms with E-state index in [4.69, 9.17) is 9.47 Å². The van der Waals surface area contributed by atoms with Gasteiger partial charge in [-0.05, 0) is 32.1 Å². The highest BCUT2D eigenvalue weighted by atomic mass is 16.5. The molecule has 0 bridgehead atoms. The molecule has 1 atom stereocenters. The summed E-state index contributed by atoms with van der Waals surface area (Å²) in [5.74, 6) is 1.48. The fourth-order valence-corrected chi connectivity index (χ4v) is 2.90. The number of ether oxygens (including phenoxy) is 2. The molecule has 0 spiro atoms. The molecule has 1 amide bonds. The highest BCUT2D eigenvalue weighted by Gasteiger charge is 2.35. The fraction of sp³-hybridized carbons (Fsp3) is 0.611. The molecule has 0 N–H and O–H groups in total. The molecule has 1 aromatic rings. The number of benzene rings is 1. The van der Waals surface area contributed by atoms with Crippen molar-refractivity contribution < 1.29 is 14.3 Å². The molecule has 1 heterocycles. The number of methoxy groups -OCH3 is 2. The molecule has 2 rings (SSSR count). The monoisotopic (exact) mass is 320 g/mol. The first-order valence-electron chi connectivity index (χ1n) is 7.92. The zero-order valence-electron chi connectivity index (χ0n) is 15.3. The maximum absolute atomic E-state index is 12.9. The van der Waals surface area contributed by atoms with Crippen molar-refractivity contribution in [1.82, 2.24) is 4.90 Å². The van der Waals surface area contributed by atoms with Crippen LogP contribution in [-0.4, -0.2) is 51.7 Å². The third-order valence-electron chi connectivity index (χ3n) is 4.34. The number of carbonyl (C=O) groups excluding carboxylic acids is 1. The van der Waals surface area contributed by atoms with Gasteiger partial charge in [-0.3, -0.25) is 4.79 Å². The van der Waals surface area contributed by atoms with E-state index in [1.165, 1.54) is 0 Å². The molecule has 0 aliphatic carbocycles. The average molecular weight is 320 g/mol. The van der Waals surface area contributed by atoms with Gasteiger partial charge in [-0.25, -0.2) is 0 Å². The third kappa shape index (κ3) is 3.44. The second kappa shape index (κ2) is 6.40. The molecule has 1 aromatic carbocycles. The lowest BCUT2D eigenvalue weighted by Gasteiger charge is -2.40. The minimum Gasteiger partial charge on any atom is -0.493 e. The van der Waals surface area contributed by atoms with Gasteiger partial charge in [0.25, 0.3) is 0 Å². The van der Waals surface area contributed by atoms with Gasteiger partial charge in [0.15, 0.2) is 11.5 Å². The molecule has 0 fully saturated rings. The lowest BCUT2D eigenvalue weighted by molar-refractivity contribution is -0.126. The maximum Gasteiger partial charge on any atom is 0.232 e. The first kappa shape index (κ1) is 17.6. The van der Waals surface area contributed by atoms with Gasteiger partial charge in [0.2, 0.25) is 5.91 Å². The Hall–Kier alpha value is -1.75. The van der Waals surface area contributed by atoms with Gasteiger partial charge in [-0.1, -0.05) is 20.8 Å². The lowest BCUT2D eigenvalue weighted by Crippen LogP contribution is -2.51. The SMILES string of the molecule is COc1cc2c(cc1OC)N(C(=O)C(C)(C)C)CC(N(C)C)C2. The molecule has 0 saturated heterocycles. The van der Waals surface area contributed by atoms with Crippen molar-refractivity contribution in [2.45, 2.75) is 33.2 Å². The number of hydrogen-bond acceptors (Lipinski definition) is 4. The van der Waals surface area contributed by atoms with E-state index >= 15 is 0 Å². The van der Waals surface area contributed by atoms with Crippen LogP contribution in [0.1, 0.15) is 26.3 Å². The largest absolute Gasteiger partial charge is 0.493 e. The quantitative estimate of drug-likeness (QED) is 0.858. The van der Waals surface area contributed by atoms with E-state index in [2.05, 4.69) is 19.0 Å². The standard InChI is InChI=1S/C18H28N2O3/c1-18(2,3)17(21)20-11-13(19(4)5)8-12-9-15(22-6)16(23-7)10-14(12)20/h9-10,13H,8,11H2,1-7H3. The van der Waals surface area contributed by atoms with Gasteiger partial charge in [0.05, 0.1) is 19.9 Å². The predicted octanol–water partition coefficient (Wildman–Crippen LogP) is 2.57. The smallest absolute Gasteiger partial charge is 0.232 e. The normalized spacial score (nSPS) is 17.9. The number of likely N-dealkylation sites (N-methyl/N-ethyl adjacent to an activating group) is 1. The molecule has 0 saturated carbocycles. The summed E-state index contributed by atoms with van der Waals surface area (Å²) >= 11 is 0. The molecule has 0 aromatic heterocycles. The highest BCUT2D eigenvalue weighted by molar-refractivity contribution is 5.98. The van der Waals surface area contributed by atoms with E-state index < -0.39 is 5.41 Å². The fourth-order valence-electron chi connectivity index (χ4n) is 2.90. The first-order valence-corrected chi connectivity index (χ1v) is 7.92.